The largest absolute Gasteiger partial charge is 0.370 e. The zero-order chi connectivity index (χ0) is 13.0. The number of aromatic nitrogens is 1. The number of fused-ring (bicyclic) bond motifs is 1. The molecule has 0 radical (unpaired) electrons. The lowest BCUT2D eigenvalue weighted by atomic mass is 10.1. The lowest BCUT2D eigenvalue weighted by Gasteiger charge is -2.10. The van der Waals surface area contributed by atoms with Crippen molar-refractivity contribution < 1.29 is 0 Å². The number of anilines is 1. The van der Waals surface area contributed by atoms with Crippen molar-refractivity contribution in [2.75, 3.05) is 11.9 Å². The van der Waals surface area contributed by atoms with Crippen molar-refractivity contribution in [2.45, 2.75) is 25.8 Å². The highest BCUT2D eigenvalue weighted by molar-refractivity contribution is 9.10. The lowest BCUT2D eigenvalue weighted by molar-refractivity contribution is 0.639. The van der Waals surface area contributed by atoms with Crippen molar-refractivity contribution in [3.63, 3.8) is 0 Å². The molecule has 0 fully saturated rings. The van der Waals surface area contributed by atoms with Crippen LogP contribution in [0.25, 0.3) is 10.8 Å². The fourth-order valence-corrected chi connectivity index (χ4v) is 2.44. The minimum atomic E-state index is 0.265. The van der Waals surface area contributed by atoms with Crippen molar-refractivity contribution in [1.82, 2.24) is 4.98 Å². The normalized spacial score (nSPS) is 12.6. The molecule has 3 nitrogen and oxygen atoms in total. The van der Waals surface area contributed by atoms with Gasteiger partial charge in [0.2, 0.25) is 0 Å². The molecule has 1 unspecified atom stereocenters. The van der Waals surface area contributed by atoms with E-state index >= 15 is 0 Å². The van der Waals surface area contributed by atoms with Gasteiger partial charge in [0.05, 0.1) is 0 Å². The lowest BCUT2D eigenvalue weighted by Crippen LogP contribution is -2.16. The van der Waals surface area contributed by atoms with Crippen LogP contribution in [0.15, 0.2) is 34.9 Å². The van der Waals surface area contributed by atoms with Crippen LogP contribution < -0.4 is 11.1 Å². The predicted molar refractivity (Wildman–Crippen MR) is 80.8 cm³/mol. The highest BCUT2D eigenvalue weighted by Crippen LogP contribution is 2.27. The number of pyridine rings is 1. The highest BCUT2D eigenvalue weighted by Gasteiger charge is 2.04. The topological polar surface area (TPSA) is 50.9 Å². The maximum atomic E-state index is 5.73. The Morgan fingerprint density at radius 3 is 2.94 bits per heavy atom. The van der Waals surface area contributed by atoms with Gasteiger partial charge in [-0.2, -0.15) is 0 Å². The fraction of sp³-hybridized carbons (Fsp3) is 0.357. The summed E-state index contributed by atoms with van der Waals surface area (Å²) in [7, 11) is 0. The molecule has 3 N–H and O–H groups in total. The van der Waals surface area contributed by atoms with Gasteiger partial charge in [-0.25, -0.2) is 4.98 Å². The summed E-state index contributed by atoms with van der Waals surface area (Å²) in [6, 6.07) is 8.44. The Morgan fingerprint density at radius 2 is 2.17 bits per heavy atom. The van der Waals surface area contributed by atoms with E-state index in [1.807, 2.05) is 31.3 Å². The molecule has 1 atom stereocenters. The first-order valence-corrected chi connectivity index (χ1v) is 7.00. The molecule has 4 heteroatoms. The molecule has 0 aliphatic rings. The molecular weight excluding hydrogens is 290 g/mol. The molecule has 96 valence electrons. The van der Waals surface area contributed by atoms with E-state index in [1.165, 1.54) is 5.39 Å². The standard InChI is InChI=1S/C14H18BrN3/c1-10(16)4-3-8-17-14-12-5-2-6-13(15)11(12)7-9-18-14/h2,5-7,9-10H,3-4,8,16H2,1H3,(H,17,18). The number of nitrogens with two attached hydrogens (primary N) is 1. The van der Waals surface area contributed by atoms with E-state index in [1.54, 1.807) is 0 Å². The smallest absolute Gasteiger partial charge is 0.133 e. The van der Waals surface area contributed by atoms with E-state index in [0.29, 0.717) is 0 Å². The molecule has 0 saturated heterocycles. The van der Waals surface area contributed by atoms with Crippen LogP contribution in [0.2, 0.25) is 0 Å². The van der Waals surface area contributed by atoms with E-state index in [2.05, 4.69) is 32.3 Å². The Balaban J connectivity index is 2.11. The van der Waals surface area contributed by atoms with Crippen LogP contribution in [-0.4, -0.2) is 17.6 Å². The van der Waals surface area contributed by atoms with Crippen molar-refractivity contribution in [2.24, 2.45) is 5.73 Å². The van der Waals surface area contributed by atoms with Gasteiger partial charge in [0.1, 0.15) is 5.82 Å². The third-order valence-electron chi connectivity index (χ3n) is 2.88. The summed E-state index contributed by atoms with van der Waals surface area (Å²) in [5, 5.41) is 5.71. The van der Waals surface area contributed by atoms with Gasteiger partial charge in [-0.1, -0.05) is 28.1 Å². The number of benzene rings is 1. The molecule has 0 saturated carbocycles. The summed E-state index contributed by atoms with van der Waals surface area (Å²) in [5.74, 6) is 0.943. The number of hydrogen-bond donors (Lipinski definition) is 2. The molecule has 0 bridgehead atoms. The van der Waals surface area contributed by atoms with E-state index < -0.39 is 0 Å². The van der Waals surface area contributed by atoms with Gasteiger partial charge in [0, 0.05) is 34.0 Å². The van der Waals surface area contributed by atoms with E-state index in [4.69, 9.17) is 5.73 Å². The highest BCUT2D eigenvalue weighted by atomic mass is 79.9. The van der Waals surface area contributed by atoms with Gasteiger partial charge in [-0.15, -0.1) is 0 Å². The Bertz CT molecular complexity index is 525. The molecule has 2 aromatic rings. The molecule has 18 heavy (non-hydrogen) atoms. The molecule has 0 spiro atoms. The number of hydrogen-bond acceptors (Lipinski definition) is 3. The first-order valence-electron chi connectivity index (χ1n) is 6.21. The van der Waals surface area contributed by atoms with Gasteiger partial charge >= 0.3 is 0 Å². The van der Waals surface area contributed by atoms with Crippen LogP contribution >= 0.6 is 15.9 Å². The minimum absolute atomic E-state index is 0.265. The molecule has 1 aromatic heterocycles. The Morgan fingerprint density at radius 1 is 1.33 bits per heavy atom. The summed E-state index contributed by atoms with van der Waals surface area (Å²) in [6.45, 7) is 2.94. The maximum absolute atomic E-state index is 5.73. The van der Waals surface area contributed by atoms with Gasteiger partial charge < -0.3 is 11.1 Å². The van der Waals surface area contributed by atoms with Crippen LogP contribution in [0.5, 0.6) is 0 Å². The van der Waals surface area contributed by atoms with Crippen molar-refractivity contribution in [1.29, 1.82) is 0 Å². The molecule has 0 amide bonds. The fourth-order valence-electron chi connectivity index (χ4n) is 1.94. The van der Waals surface area contributed by atoms with Crippen molar-refractivity contribution >= 4 is 32.5 Å². The SMILES string of the molecule is CC(N)CCCNc1nccc2c(Br)cccc12. The van der Waals surface area contributed by atoms with Gasteiger partial charge in [-0.3, -0.25) is 0 Å². The maximum Gasteiger partial charge on any atom is 0.133 e. The van der Waals surface area contributed by atoms with Gasteiger partial charge in [-0.05, 0) is 31.9 Å². The predicted octanol–water partition coefficient (Wildman–Crippen LogP) is 3.54. The third kappa shape index (κ3) is 3.21. The van der Waals surface area contributed by atoms with E-state index in [9.17, 15) is 0 Å². The van der Waals surface area contributed by atoms with Crippen LogP contribution in [0.3, 0.4) is 0 Å². The summed E-state index contributed by atoms with van der Waals surface area (Å²) < 4.78 is 1.10. The monoisotopic (exact) mass is 307 g/mol. The average molecular weight is 308 g/mol. The quantitative estimate of drug-likeness (QED) is 0.831. The Kier molecular flexibility index (Phi) is 4.55. The van der Waals surface area contributed by atoms with E-state index in [-0.39, 0.29) is 6.04 Å². The Labute approximate surface area is 116 Å². The molecule has 1 heterocycles. The van der Waals surface area contributed by atoms with Crippen LogP contribution in [0.4, 0.5) is 5.82 Å². The number of rotatable bonds is 5. The van der Waals surface area contributed by atoms with Crippen LogP contribution in [-0.2, 0) is 0 Å². The summed E-state index contributed by atoms with van der Waals surface area (Å²) in [5.41, 5.74) is 5.73. The number of nitrogens with zero attached hydrogens (tertiary/aromatic N) is 1. The molecule has 1 aromatic carbocycles. The third-order valence-corrected chi connectivity index (χ3v) is 3.57. The average Bonchev–Trinajstić information content (AvgIpc) is 2.35. The zero-order valence-electron chi connectivity index (χ0n) is 10.5. The first kappa shape index (κ1) is 13.3. The minimum Gasteiger partial charge on any atom is -0.370 e. The molecule has 0 aliphatic carbocycles. The van der Waals surface area contributed by atoms with Gasteiger partial charge in [0.15, 0.2) is 0 Å². The summed E-state index contributed by atoms with van der Waals surface area (Å²) in [6.07, 6.45) is 3.92. The molecular formula is C14H18BrN3. The molecule has 2 rings (SSSR count). The number of nitrogens with one attached hydrogen (secondary N) is 1. The van der Waals surface area contributed by atoms with Crippen molar-refractivity contribution in [3.05, 3.63) is 34.9 Å². The number of halogens is 1. The zero-order valence-corrected chi connectivity index (χ0v) is 12.1. The molecule has 0 aliphatic heterocycles. The Hall–Kier alpha value is -1.13. The van der Waals surface area contributed by atoms with Gasteiger partial charge in [0.25, 0.3) is 0 Å². The van der Waals surface area contributed by atoms with Crippen LogP contribution in [0.1, 0.15) is 19.8 Å². The van der Waals surface area contributed by atoms with Crippen LogP contribution in [0, 0.1) is 0 Å². The van der Waals surface area contributed by atoms with E-state index in [0.717, 1.165) is 35.1 Å². The first-order chi connectivity index (χ1) is 8.68. The second-order valence-electron chi connectivity index (χ2n) is 4.54. The van der Waals surface area contributed by atoms with Crippen molar-refractivity contribution in [3.8, 4) is 0 Å². The second-order valence-corrected chi connectivity index (χ2v) is 5.40. The second kappa shape index (κ2) is 6.16. The summed E-state index contributed by atoms with van der Waals surface area (Å²) in [4.78, 5) is 4.40. The summed E-state index contributed by atoms with van der Waals surface area (Å²) >= 11 is 3.56.